The van der Waals surface area contributed by atoms with Crippen molar-refractivity contribution < 1.29 is 13.9 Å². The Morgan fingerprint density at radius 1 is 1.36 bits per heavy atom. The third kappa shape index (κ3) is 1.61. The molecule has 1 aromatic carbocycles. The summed E-state index contributed by atoms with van der Waals surface area (Å²) in [7, 11) is 0. The van der Waals surface area contributed by atoms with Gasteiger partial charge in [0.1, 0.15) is 11.6 Å². The maximum Gasteiger partial charge on any atom is 0.129 e. The van der Waals surface area contributed by atoms with Gasteiger partial charge in [-0.15, -0.1) is 12.4 Å². The number of aliphatic hydroxyl groups is 1. The Hall–Kier alpha value is -0.710. The largest absolute Gasteiger partial charge is 0.387 e. The maximum absolute atomic E-state index is 13.1. The molecule has 78 valence electrons. The minimum atomic E-state index is -0.944. The van der Waals surface area contributed by atoms with E-state index in [1.807, 2.05) is 0 Å². The van der Waals surface area contributed by atoms with Gasteiger partial charge in [-0.3, -0.25) is 0 Å². The van der Waals surface area contributed by atoms with Crippen molar-refractivity contribution in [1.82, 2.24) is 0 Å². The van der Waals surface area contributed by atoms with Gasteiger partial charge in [0.05, 0.1) is 6.10 Å². The van der Waals surface area contributed by atoms with Crippen molar-refractivity contribution in [3.8, 4) is 0 Å². The number of hydrogen-bond donors (Lipinski definition) is 2. The van der Waals surface area contributed by atoms with E-state index in [-0.39, 0.29) is 24.4 Å². The van der Waals surface area contributed by atoms with Crippen LogP contribution in [0.4, 0.5) is 8.78 Å². The first-order valence-corrected chi connectivity index (χ1v) is 4.01. The second kappa shape index (κ2) is 3.81. The molecule has 14 heavy (non-hydrogen) atoms. The second-order valence-electron chi connectivity index (χ2n) is 3.27. The van der Waals surface area contributed by atoms with Crippen LogP contribution in [0.5, 0.6) is 0 Å². The molecule has 0 spiro atoms. The molecule has 1 aliphatic rings. The van der Waals surface area contributed by atoms with Crippen LogP contribution in [0.2, 0.25) is 0 Å². The average molecular weight is 222 g/mol. The van der Waals surface area contributed by atoms with Crippen LogP contribution in [0.1, 0.15) is 17.2 Å². The molecule has 2 rings (SSSR count). The van der Waals surface area contributed by atoms with Crippen molar-refractivity contribution in [3.05, 3.63) is 34.9 Å². The predicted molar refractivity (Wildman–Crippen MR) is 50.2 cm³/mol. The minimum Gasteiger partial charge on any atom is -0.387 e. The summed E-state index contributed by atoms with van der Waals surface area (Å²) >= 11 is 0. The van der Waals surface area contributed by atoms with Crippen LogP contribution in [-0.2, 0) is 6.42 Å². The summed E-state index contributed by atoms with van der Waals surface area (Å²) in [6.07, 6.45) is -0.678. The van der Waals surface area contributed by atoms with Gasteiger partial charge in [0, 0.05) is 12.1 Å². The van der Waals surface area contributed by atoms with Gasteiger partial charge in [0.25, 0.3) is 0 Å². The molecule has 2 atom stereocenters. The van der Waals surface area contributed by atoms with Gasteiger partial charge in [0.2, 0.25) is 0 Å². The van der Waals surface area contributed by atoms with Crippen LogP contribution in [-0.4, -0.2) is 11.1 Å². The van der Waals surface area contributed by atoms with E-state index in [1.165, 1.54) is 0 Å². The molecule has 0 fully saturated rings. The van der Waals surface area contributed by atoms with Crippen LogP contribution < -0.4 is 5.73 Å². The van der Waals surface area contributed by atoms with Crippen LogP contribution in [0.15, 0.2) is 12.1 Å². The molecule has 5 heteroatoms. The van der Waals surface area contributed by atoms with E-state index in [0.29, 0.717) is 5.56 Å². The normalized spacial score (nSPS) is 24.3. The highest BCUT2D eigenvalue weighted by molar-refractivity contribution is 5.85. The van der Waals surface area contributed by atoms with Gasteiger partial charge >= 0.3 is 0 Å². The highest BCUT2D eigenvalue weighted by atomic mass is 35.5. The molecule has 0 saturated carbocycles. The molecule has 1 aromatic rings. The zero-order valence-electron chi connectivity index (χ0n) is 7.21. The third-order valence-corrected chi connectivity index (χ3v) is 2.36. The summed E-state index contributed by atoms with van der Waals surface area (Å²) in [5.74, 6) is -1.30. The van der Waals surface area contributed by atoms with Crippen LogP contribution in [0.25, 0.3) is 0 Å². The van der Waals surface area contributed by atoms with E-state index in [9.17, 15) is 13.9 Å². The quantitative estimate of drug-likeness (QED) is 0.694. The first-order valence-electron chi connectivity index (χ1n) is 4.01. The molecule has 1 aliphatic carbocycles. The fraction of sp³-hybridized carbons (Fsp3) is 0.333. The molecule has 0 amide bonds. The van der Waals surface area contributed by atoms with E-state index in [1.54, 1.807) is 0 Å². The topological polar surface area (TPSA) is 46.2 Å². The fourth-order valence-electron chi connectivity index (χ4n) is 1.68. The molecular formula is C9H10ClF2NO. The number of halogens is 3. The fourth-order valence-corrected chi connectivity index (χ4v) is 1.68. The van der Waals surface area contributed by atoms with Gasteiger partial charge in [-0.1, -0.05) is 0 Å². The molecule has 2 nitrogen and oxygen atoms in total. The smallest absolute Gasteiger partial charge is 0.129 e. The Morgan fingerprint density at radius 2 is 2.00 bits per heavy atom. The Balaban J connectivity index is 0.000000980. The van der Waals surface area contributed by atoms with Gasteiger partial charge < -0.3 is 10.8 Å². The Bertz CT molecular complexity index is 359. The van der Waals surface area contributed by atoms with Crippen LogP contribution in [0.3, 0.4) is 0 Å². The van der Waals surface area contributed by atoms with Crippen LogP contribution in [0, 0.1) is 11.6 Å². The van der Waals surface area contributed by atoms with Gasteiger partial charge in [0.15, 0.2) is 0 Å². The zero-order chi connectivity index (χ0) is 9.59. The minimum absolute atomic E-state index is 0. The van der Waals surface area contributed by atoms with Gasteiger partial charge in [-0.2, -0.15) is 0 Å². The van der Waals surface area contributed by atoms with Crippen molar-refractivity contribution in [2.24, 2.45) is 5.73 Å². The maximum atomic E-state index is 13.1. The van der Waals surface area contributed by atoms with E-state index >= 15 is 0 Å². The molecule has 0 heterocycles. The number of benzene rings is 1. The standard InChI is InChI=1S/C9H9F2NO.ClH/c10-4-1-6-5(7(11)2-4)3-8(12)9(6)13;/h1-2,8-9,13H,3,12H2;1H. The van der Waals surface area contributed by atoms with Crippen LogP contribution >= 0.6 is 12.4 Å². The van der Waals surface area contributed by atoms with Crippen molar-refractivity contribution in [2.75, 3.05) is 0 Å². The van der Waals surface area contributed by atoms with E-state index in [0.717, 1.165) is 12.1 Å². The monoisotopic (exact) mass is 221 g/mol. The number of fused-ring (bicyclic) bond motifs is 1. The van der Waals surface area contributed by atoms with Crippen molar-refractivity contribution in [1.29, 1.82) is 0 Å². The van der Waals surface area contributed by atoms with Crippen molar-refractivity contribution >= 4 is 12.4 Å². The second-order valence-corrected chi connectivity index (χ2v) is 3.27. The number of aliphatic hydroxyl groups excluding tert-OH is 1. The summed E-state index contributed by atoms with van der Waals surface area (Å²) in [5.41, 5.74) is 6.13. The summed E-state index contributed by atoms with van der Waals surface area (Å²) < 4.78 is 25.8. The Kier molecular flexibility index (Phi) is 3.09. The van der Waals surface area contributed by atoms with E-state index in [2.05, 4.69) is 0 Å². The summed E-state index contributed by atoms with van der Waals surface area (Å²) in [4.78, 5) is 0. The molecular weight excluding hydrogens is 212 g/mol. The molecule has 0 aromatic heterocycles. The highest BCUT2D eigenvalue weighted by Gasteiger charge is 2.30. The van der Waals surface area contributed by atoms with Gasteiger partial charge in [-0.25, -0.2) is 8.78 Å². The summed E-state index contributed by atoms with van der Waals surface area (Å²) in [6.45, 7) is 0. The Morgan fingerprint density at radius 3 is 2.64 bits per heavy atom. The molecule has 2 unspecified atom stereocenters. The molecule has 0 aliphatic heterocycles. The number of hydrogen-bond acceptors (Lipinski definition) is 2. The van der Waals surface area contributed by atoms with E-state index in [4.69, 9.17) is 5.73 Å². The summed E-state index contributed by atoms with van der Waals surface area (Å²) in [6, 6.07) is 1.42. The predicted octanol–water partition coefficient (Wildman–Crippen LogP) is 1.30. The van der Waals surface area contributed by atoms with Gasteiger partial charge in [-0.05, 0) is 23.6 Å². The number of rotatable bonds is 0. The molecule has 0 saturated heterocycles. The van der Waals surface area contributed by atoms with Crippen molar-refractivity contribution in [2.45, 2.75) is 18.6 Å². The number of nitrogens with two attached hydrogens (primary N) is 1. The Labute approximate surface area is 86.1 Å². The lowest BCUT2D eigenvalue weighted by atomic mass is 10.1. The molecule has 3 N–H and O–H groups in total. The first kappa shape index (κ1) is 11.4. The molecule has 0 radical (unpaired) electrons. The zero-order valence-corrected chi connectivity index (χ0v) is 8.02. The SMILES string of the molecule is Cl.NC1Cc2c(F)cc(F)cc2C1O. The lowest BCUT2D eigenvalue weighted by Gasteiger charge is -2.07. The lowest BCUT2D eigenvalue weighted by molar-refractivity contribution is 0.159. The van der Waals surface area contributed by atoms with E-state index < -0.39 is 23.8 Å². The lowest BCUT2D eigenvalue weighted by Crippen LogP contribution is -2.24. The van der Waals surface area contributed by atoms with Crippen molar-refractivity contribution in [3.63, 3.8) is 0 Å². The third-order valence-electron chi connectivity index (χ3n) is 2.36. The highest BCUT2D eigenvalue weighted by Crippen LogP contribution is 2.32. The first-order chi connectivity index (χ1) is 6.09. The summed E-state index contributed by atoms with van der Waals surface area (Å²) in [5, 5.41) is 9.44. The average Bonchev–Trinajstić information content (AvgIpc) is 2.32. The molecule has 0 bridgehead atoms.